The molecule has 5 aromatic rings. The molecule has 1 saturated carbocycles. The molecule has 352 valence electrons. The molecule has 67 heavy (non-hydrogen) atoms. The number of aldehydes is 1. The van der Waals surface area contributed by atoms with E-state index >= 15 is 8.78 Å². The van der Waals surface area contributed by atoms with Crippen molar-refractivity contribution in [2.45, 2.75) is 135 Å². The lowest BCUT2D eigenvalue weighted by atomic mass is 9.91. The quantitative estimate of drug-likeness (QED) is 0.120. The maximum absolute atomic E-state index is 15.6. The Labute approximate surface area is 390 Å². The summed E-state index contributed by atoms with van der Waals surface area (Å²) in [5.74, 6) is 0.0811. The standard InChI is InChI=1S/C50H57F2N9O3.C2H4O/c1-30-22-45-38(25-53-30)40(29-59(45)33-15-20-57(21-16-33)26-32-8-6-12-35-39(32)28-60(50(35)64)43-13-14-46(62)54-49(43)63)36-23-31-9-7-18-58(44(31)24-37(36)47(51)52)48-41-27-56(2)19-17-42(41)61(55-48)34-10-4-3-5-11-34;1-2-3/h6,8,12,22-25,29,33-34,43,47H,3-5,7,9-11,13-21,26-28H2,1-2H3,(H,54,62,63);2H,1H3. The number of pyridine rings is 1. The van der Waals surface area contributed by atoms with Crippen LogP contribution in [-0.2, 0) is 46.9 Å². The first-order valence-corrected chi connectivity index (χ1v) is 24.4. The topological polar surface area (TPSA) is 129 Å². The number of piperidine rings is 2. The number of benzene rings is 2. The van der Waals surface area contributed by atoms with Gasteiger partial charge < -0.3 is 24.1 Å². The van der Waals surface area contributed by atoms with Gasteiger partial charge in [0.2, 0.25) is 11.8 Å². The Kier molecular flexibility index (Phi) is 12.6. The summed E-state index contributed by atoms with van der Waals surface area (Å²) in [6.07, 6.45) is 13.1. The molecule has 0 radical (unpaired) electrons. The monoisotopic (exact) mass is 913 g/mol. The van der Waals surface area contributed by atoms with Crippen LogP contribution in [0.1, 0.15) is 139 Å². The second-order valence-electron chi connectivity index (χ2n) is 19.5. The summed E-state index contributed by atoms with van der Waals surface area (Å²) in [5, 5.41) is 8.66. The minimum Gasteiger partial charge on any atom is -0.344 e. The summed E-state index contributed by atoms with van der Waals surface area (Å²) in [6, 6.07) is 11.6. The minimum absolute atomic E-state index is 0.0443. The molecule has 1 aliphatic carbocycles. The number of fused-ring (bicyclic) bond motifs is 4. The van der Waals surface area contributed by atoms with Crippen LogP contribution in [-0.4, -0.2) is 97.3 Å². The average Bonchev–Trinajstić information content (AvgIpc) is 4.00. The van der Waals surface area contributed by atoms with E-state index in [9.17, 15) is 14.4 Å². The number of imide groups is 1. The summed E-state index contributed by atoms with van der Waals surface area (Å²) in [6.45, 7) is 8.66. The number of anilines is 2. The number of alkyl halides is 2. The molecule has 6 aliphatic rings. The van der Waals surface area contributed by atoms with Gasteiger partial charge in [0.05, 0.1) is 11.6 Å². The van der Waals surface area contributed by atoms with E-state index in [0.717, 1.165) is 134 Å². The summed E-state index contributed by atoms with van der Waals surface area (Å²) >= 11 is 0. The molecule has 1 unspecified atom stereocenters. The summed E-state index contributed by atoms with van der Waals surface area (Å²) in [4.78, 5) is 60.1. The molecule has 8 heterocycles. The van der Waals surface area contributed by atoms with Gasteiger partial charge in [-0.1, -0.05) is 31.4 Å². The molecule has 3 amide bonds. The molecule has 3 aromatic heterocycles. The number of nitrogens with zero attached hydrogens (tertiary/aromatic N) is 8. The SMILES string of the molecule is CC=O.Cc1cc2c(cn1)c(-c1cc3c(cc1C(F)F)N(c1nn(C4CCCCC4)c4c1CN(C)CC4)CCC3)cn2C1CCN(Cc2cccc3c2CN(C2CCC(=O)NC2=O)C3=O)CC1. The Morgan fingerprint density at radius 1 is 0.851 bits per heavy atom. The van der Waals surface area contributed by atoms with E-state index in [1.165, 1.54) is 37.4 Å². The first kappa shape index (κ1) is 45.0. The van der Waals surface area contributed by atoms with Crippen LogP contribution in [0.3, 0.4) is 0 Å². The average molecular weight is 914 g/mol. The Bertz CT molecular complexity index is 2730. The molecule has 13 nitrogen and oxygen atoms in total. The van der Waals surface area contributed by atoms with Crippen LogP contribution >= 0.6 is 0 Å². The van der Waals surface area contributed by atoms with Crippen LogP contribution in [0.5, 0.6) is 0 Å². The van der Waals surface area contributed by atoms with Crippen LogP contribution in [0.15, 0.2) is 48.8 Å². The smallest absolute Gasteiger partial charge is 0.264 e. The van der Waals surface area contributed by atoms with E-state index in [4.69, 9.17) is 14.9 Å². The molecule has 0 bridgehead atoms. The molecule has 2 saturated heterocycles. The van der Waals surface area contributed by atoms with Crippen LogP contribution in [0.2, 0.25) is 0 Å². The molecule has 2 aromatic carbocycles. The highest BCUT2D eigenvalue weighted by molar-refractivity contribution is 6.05. The second-order valence-corrected chi connectivity index (χ2v) is 19.5. The number of aromatic nitrogens is 4. The Balaban J connectivity index is 0.00000171. The van der Waals surface area contributed by atoms with E-state index < -0.39 is 18.4 Å². The molecule has 3 fully saturated rings. The van der Waals surface area contributed by atoms with E-state index in [0.29, 0.717) is 36.7 Å². The third-order valence-corrected chi connectivity index (χ3v) is 15.2. The van der Waals surface area contributed by atoms with Gasteiger partial charge in [-0.3, -0.25) is 34.3 Å². The lowest BCUT2D eigenvalue weighted by molar-refractivity contribution is -0.137. The van der Waals surface area contributed by atoms with Crippen molar-refractivity contribution < 1.29 is 28.0 Å². The summed E-state index contributed by atoms with van der Waals surface area (Å²) in [7, 11) is 2.16. The molecular weight excluding hydrogens is 853 g/mol. The molecular formula is C52H61F2N9O4. The number of amides is 3. The number of carbonyl (C=O) groups excluding carboxylic acids is 4. The highest BCUT2D eigenvalue weighted by Crippen LogP contribution is 2.46. The zero-order valence-corrected chi connectivity index (χ0v) is 38.9. The van der Waals surface area contributed by atoms with Crippen molar-refractivity contribution in [1.82, 2.24) is 39.3 Å². The number of aryl methyl sites for hydroxylation is 2. The third-order valence-electron chi connectivity index (χ3n) is 15.2. The fourth-order valence-corrected chi connectivity index (χ4v) is 11.8. The normalized spacial score (nSPS) is 20.7. The highest BCUT2D eigenvalue weighted by atomic mass is 19.3. The van der Waals surface area contributed by atoms with Crippen LogP contribution < -0.4 is 10.2 Å². The van der Waals surface area contributed by atoms with Gasteiger partial charge in [0.25, 0.3) is 12.3 Å². The zero-order chi connectivity index (χ0) is 46.5. The van der Waals surface area contributed by atoms with E-state index in [2.05, 4.69) is 54.6 Å². The maximum atomic E-state index is 15.6. The summed E-state index contributed by atoms with van der Waals surface area (Å²) in [5.41, 5.74) is 10.5. The Morgan fingerprint density at radius 3 is 2.40 bits per heavy atom. The molecule has 1 atom stereocenters. The fourth-order valence-electron chi connectivity index (χ4n) is 11.8. The first-order chi connectivity index (χ1) is 32.5. The molecule has 11 rings (SSSR count). The van der Waals surface area contributed by atoms with Gasteiger partial charge in [0.15, 0.2) is 5.82 Å². The highest BCUT2D eigenvalue weighted by Gasteiger charge is 2.40. The van der Waals surface area contributed by atoms with Gasteiger partial charge in [-0.25, -0.2) is 8.78 Å². The number of carbonyl (C=O) groups is 4. The second kappa shape index (κ2) is 18.7. The van der Waals surface area contributed by atoms with E-state index in [1.54, 1.807) is 11.0 Å². The van der Waals surface area contributed by atoms with Gasteiger partial charge in [-0.15, -0.1) is 0 Å². The Hall–Kier alpha value is -5.80. The van der Waals surface area contributed by atoms with Crippen LogP contribution in [0, 0.1) is 6.92 Å². The van der Waals surface area contributed by atoms with Gasteiger partial charge >= 0.3 is 0 Å². The number of halogens is 2. The lowest BCUT2D eigenvalue weighted by Crippen LogP contribution is -2.52. The van der Waals surface area contributed by atoms with Gasteiger partial charge in [-0.05, 0) is 112 Å². The number of nitrogens with one attached hydrogen (secondary N) is 1. The van der Waals surface area contributed by atoms with Gasteiger partial charge in [-0.2, -0.15) is 5.10 Å². The maximum Gasteiger partial charge on any atom is 0.264 e. The van der Waals surface area contributed by atoms with Crippen LogP contribution in [0.25, 0.3) is 22.0 Å². The predicted octanol–water partition coefficient (Wildman–Crippen LogP) is 8.53. The van der Waals surface area contributed by atoms with E-state index in [1.807, 2.05) is 31.3 Å². The van der Waals surface area contributed by atoms with E-state index in [-0.39, 0.29) is 29.8 Å². The Morgan fingerprint density at radius 2 is 1.64 bits per heavy atom. The predicted molar refractivity (Wildman–Crippen MR) is 252 cm³/mol. The largest absolute Gasteiger partial charge is 0.344 e. The van der Waals surface area contributed by atoms with Gasteiger partial charge in [0, 0.05) is 122 Å². The molecule has 5 aliphatic heterocycles. The lowest BCUT2D eigenvalue weighted by Gasteiger charge is -2.33. The fraction of sp³-hybridized carbons (Fsp3) is 0.500. The van der Waals surface area contributed by atoms with Crippen LogP contribution in [0.4, 0.5) is 20.3 Å². The number of hydrogen-bond donors (Lipinski definition) is 1. The number of likely N-dealkylation sites (N-methyl/N-ethyl adjacent to an activating group) is 1. The number of rotatable bonds is 8. The molecule has 1 N–H and O–H groups in total. The third kappa shape index (κ3) is 8.47. The van der Waals surface area contributed by atoms with Crippen molar-refractivity contribution in [3.05, 3.63) is 93.6 Å². The molecule has 15 heteroatoms. The van der Waals surface area contributed by atoms with Crippen molar-refractivity contribution in [2.75, 3.05) is 38.1 Å². The van der Waals surface area contributed by atoms with Crippen molar-refractivity contribution in [1.29, 1.82) is 0 Å². The summed E-state index contributed by atoms with van der Waals surface area (Å²) < 4.78 is 35.8. The van der Waals surface area contributed by atoms with Crippen molar-refractivity contribution in [2.24, 2.45) is 0 Å². The number of hydrogen-bond acceptors (Lipinski definition) is 9. The van der Waals surface area contributed by atoms with Crippen molar-refractivity contribution in [3.8, 4) is 11.1 Å². The van der Waals surface area contributed by atoms with Crippen molar-refractivity contribution in [3.63, 3.8) is 0 Å². The first-order valence-electron chi connectivity index (χ1n) is 24.4. The van der Waals surface area contributed by atoms with Gasteiger partial charge in [0.1, 0.15) is 12.3 Å². The zero-order valence-electron chi connectivity index (χ0n) is 38.9. The molecule has 0 spiro atoms. The van der Waals surface area contributed by atoms with Crippen molar-refractivity contribution >= 4 is 46.4 Å². The minimum atomic E-state index is -2.67. The number of likely N-dealkylation sites (tertiary alicyclic amines) is 1.